The predicted octanol–water partition coefficient (Wildman–Crippen LogP) is 6.17. The molecule has 3 nitrogen and oxygen atoms in total. The van der Waals surface area contributed by atoms with E-state index in [9.17, 15) is 4.79 Å². The number of unbranched alkanes of at least 4 members (excludes halogenated alkanes) is 11. The number of allylic oxidation sites excluding steroid dienone is 2. The molecule has 0 aromatic rings. The fourth-order valence-corrected chi connectivity index (χ4v) is 2.71. The summed E-state index contributed by atoms with van der Waals surface area (Å²) in [4.78, 5) is 11.4. The van der Waals surface area contributed by atoms with Crippen molar-refractivity contribution in [1.29, 1.82) is 0 Å². The van der Waals surface area contributed by atoms with Crippen LogP contribution in [0.2, 0.25) is 0 Å². The Morgan fingerprint density at radius 3 is 2.00 bits per heavy atom. The van der Waals surface area contributed by atoms with E-state index in [1.807, 2.05) is 0 Å². The molecule has 4 heteroatoms. The first-order chi connectivity index (χ1) is 12.2. The first-order valence-corrected chi connectivity index (χ1v) is 10.7. The fourth-order valence-electron chi connectivity index (χ4n) is 2.65. The van der Waals surface area contributed by atoms with E-state index in [0.717, 1.165) is 12.8 Å². The van der Waals surface area contributed by atoms with Crippen molar-refractivity contribution in [2.24, 2.45) is 0 Å². The molecule has 0 aromatic heterocycles. The second-order valence-corrected chi connectivity index (χ2v) is 7.41. The van der Waals surface area contributed by atoms with Gasteiger partial charge in [-0.15, -0.1) is 11.6 Å². The van der Waals surface area contributed by atoms with Gasteiger partial charge in [0.1, 0.15) is 6.61 Å². The highest BCUT2D eigenvalue weighted by molar-refractivity contribution is 6.20. The van der Waals surface area contributed by atoms with Crippen LogP contribution in [0.4, 0.5) is 0 Å². The summed E-state index contributed by atoms with van der Waals surface area (Å²) in [6.45, 7) is 2.19. The summed E-state index contributed by atoms with van der Waals surface area (Å²) in [6.07, 6.45) is 21.3. The molecule has 0 aliphatic carbocycles. The van der Waals surface area contributed by atoms with Crippen LogP contribution in [-0.2, 0) is 9.53 Å². The SMILES string of the molecule is CCCCCCCC/C=C/CCCCCCCC(=O)OCC(Cl)CO. The molecule has 1 unspecified atom stereocenters. The fraction of sp³-hybridized carbons (Fsp3) is 0.857. The van der Waals surface area contributed by atoms with Gasteiger partial charge in [0.25, 0.3) is 0 Å². The van der Waals surface area contributed by atoms with Crippen LogP contribution in [0, 0.1) is 0 Å². The largest absolute Gasteiger partial charge is 0.464 e. The van der Waals surface area contributed by atoms with Gasteiger partial charge in [-0.05, 0) is 32.1 Å². The van der Waals surface area contributed by atoms with Crippen LogP contribution < -0.4 is 0 Å². The van der Waals surface area contributed by atoms with Crippen LogP contribution in [0.1, 0.15) is 96.8 Å². The lowest BCUT2D eigenvalue weighted by Crippen LogP contribution is -2.16. The molecule has 25 heavy (non-hydrogen) atoms. The maximum Gasteiger partial charge on any atom is 0.305 e. The smallest absolute Gasteiger partial charge is 0.305 e. The Morgan fingerprint density at radius 2 is 1.44 bits per heavy atom. The maximum absolute atomic E-state index is 11.4. The molecule has 0 aliphatic rings. The minimum Gasteiger partial charge on any atom is -0.464 e. The van der Waals surface area contributed by atoms with Crippen LogP contribution in [0.25, 0.3) is 0 Å². The van der Waals surface area contributed by atoms with Crippen molar-refractivity contribution in [3.63, 3.8) is 0 Å². The zero-order valence-electron chi connectivity index (χ0n) is 16.2. The third-order valence-electron chi connectivity index (χ3n) is 4.27. The molecule has 148 valence electrons. The average molecular weight is 375 g/mol. The van der Waals surface area contributed by atoms with Gasteiger partial charge in [0.15, 0.2) is 0 Å². The molecule has 0 fully saturated rings. The Bertz CT molecular complexity index is 318. The third kappa shape index (κ3) is 19.6. The van der Waals surface area contributed by atoms with E-state index in [2.05, 4.69) is 19.1 Å². The molecule has 0 amide bonds. The average Bonchev–Trinajstić information content (AvgIpc) is 2.62. The van der Waals surface area contributed by atoms with Crippen molar-refractivity contribution in [1.82, 2.24) is 0 Å². The number of rotatable bonds is 18. The van der Waals surface area contributed by atoms with Gasteiger partial charge >= 0.3 is 5.97 Å². The van der Waals surface area contributed by atoms with E-state index < -0.39 is 5.38 Å². The molecule has 0 heterocycles. The monoisotopic (exact) mass is 374 g/mol. The van der Waals surface area contributed by atoms with Gasteiger partial charge < -0.3 is 9.84 Å². The van der Waals surface area contributed by atoms with Crippen LogP contribution in [-0.4, -0.2) is 29.7 Å². The number of esters is 1. The van der Waals surface area contributed by atoms with Crippen molar-refractivity contribution in [3.8, 4) is 0 Å². The molecule has 1 N–H and O–H groups in total. The zero-order valence-corrected chi connectivity index (χ0v) is 16.9. The van der Waals surface area contributed by atoms with Crippen molar-refractivity contribution >= 4 is 17.6 Å². The number of hydrogen-bond acceptors (Lipinski definition) is 3. The van der Waals surface area contributed by atoms with Crippen LogP contribution in [0.15, 0.2) is 12.2 Å². The molecule has 0 aromatic carbocycles. The lowest BCUT2D eigenvalue weighted by Gasteiger charge is -2.07. The van der Waals surface area contributed by atoms with Crippen molar-refractivity contribution in [3.05, 3.63) is 12.2 Å². The maximum atomic E-state index is 11.4. The number of alkyl halides is 1. The van der Waals surface area contributed by atoms with Crippen LogP contribution >= 0.6 is 11.6 Å². The van der Waals surface area contributed by atoms with E-state index in [1.165, 1.54) is 70.6 Å². The number of halogens is 1. The van der Waals surface area contributed by atoms with Crippen molar-refractivity contribution in [2.75, 3.05) is 13.2 Å². The predicted molar refractivity (Wildman–Crippen MR) is 107 cm³/mol. The minimum atomic E-state index is -0.488. The number of carbonyl (C=O) groups is 1. The zero-order chi connectivity index (χ0) is 18.6. The Labute approximate surface area is 160 Å². The van der Waals surface area contributed by atoms with E-state index in [-0.39, 0.29) is 19.2 Å². The summed E-state index contributed by atoms with van der Waals surface area (Å²) >= 11 is 5.67. The quantitative estimate of drug-likeness (QED) is 0.135. The molecule has 0 aliphatic heterocycles. The highest BCUT2D eigenvalue weighted by Gasteiger charge is 2.07. The molecule has 0 radical (unpaired) electrons. The first-order valence-electron chi connectivity index (χ1n) is 10.3. The standard InChI is InChI=1S/C21H39ClO3/c1-2-3-4-5-6-7-8-9-10-11-12-13-14-15-16-17-21(24)25-19-20(22)18-23/h9-10,20,23H,2-8,11-19H2,1H3/b10-9+. The summed E-state index contributed by atoms with van der Waals surface area (Å²) in [5.74, 6) is -0.211. The number of ether oxygens (including phenoxy) is 1. The molecule has 0 bridgehead atoms. The molecular formula is C21H39ClO3. The second-order valence-electron chi connectivity index (χ2n) is 6.80. The Balaban J connectivity index is 3.22. The van der Waals surface area contributed by atoms with Gasteiger partial charge in [-0.2, -0.15) is 0 Å². The van der Waals surface area contributed by atoms with E-state index in [0.29, 0.717) is 6.42 Å². The summed E-state index contributed by atoms with van der Waals surface area (Å²) in [7, 11) is 0. The van der Waals surface area contributed by atoms with Crippen LogP contribution in [0.5, 0.6) is 0 Å². The van der Waals surface area contributed by atoms with Crippen molar-refractivity contribution < 1.29 is 14.6 Å². The van der Waals surface area contributed by atoms with Gasteiger partial charge in [0, 0.05) is 6.42 Å². The second kappa shape index (κ2) is 19.8. The molecule has 1 atom stereocenters. The number of aliphatic hydroxyl groups excluding tert-OH is 1. The molecule has 0 saturated heterocycles. The van der Waals surface area contributed by atoms with Gasteiger partial charge in [0.2, 0.25) is 0 Å². The summed E-state index contributed by atoms with van der Waals surface area (Å²) in [6, 6.07) is 0. The topological polar surface area (TPSA) is 46.5 Å². The lowest BCUT2D eigenvalue weighted by atomic mass is 10.1. The van der Waals surface area contributed by atoms with Crippen molar-refractivity contribution in [2.45, 2.75) is 102 Å². The number of aliphatic hydroxyl groups is 1. The third-order valence-corrected chi connectivity index (χ3v) is 4.53. The van der Waals surface area contributed by atoms with Gasteiger partial charge in [0.05, 0.1) is 12.0 Å². The van der Waals surface area contributed by atoms with Gasteiger partial charge in [-0.3, -0.25) is 4.79 Å². The summed E-state index contributed by atoms with van der Waals surface area (Å²) < 4.78 is 4.97. The molecular weight excluding hydrogens is 336 g/mol. The number of carbonyl (C=O) groups excluding carboxylic acids is 1. The van der Waals surface area contributed by atoms with Gasteiger partial charge in [-0.1, -0.05) is 70.4 Å². The highest BCUT2D eigenvalue weighted by atomic mass is 35.5. The normalized spacial score (nSPS) is 12.6. The first kappa shape index (κ1) is 24.5. The molecule has 0 saturated carbocycles. The molecule has 0 rings (SSSR count). The Morgan fingerprint density at radius 1 is 0.920 bits per heavy atom. The van der Waals surface area contributed by atoms with E-state index in [1.54, 1.807) is 0 Å². The molecule has 0 spiro atoms. The lowest BCUT2D eigenvalue weighted by molar-refractivity contribution is -0.143. The minimum absolute atomic E-state index is 0.0992. The number of hydrogen-bond donors (Lipinski definition) is 1. The van der Waals surface area contributed by atoms with E-state index >= 15 is 0 Å². The highest BCUT2D eigenvalue weighted by Crippen LogP contribution is 2.10. The van der Waals surface area contributed by atoms with E-state index in [4.69, 9.17) is 21.4 Å². The Kier molecular flexibility index (Phi) is 19.4. The summed E-state index contributed by atoms with van der Waals surface area (Å²) in [5.41, 5.74) is 0. The van der Waals surface area contributed by atoms with Crippen LogP contribution in [0.3, 0.4) is 0 Å². The summed E-state index contributed by atoms with van der Waals surface area (Å²) in [5, 5.41) is 8.25. The van der Waals surface area contributed by atoms with Gasteiger partial charge in [-0.25, -0.2) is 0 Å². The Hall–Kier alpha value is -0.540.